The van der Waals surface area contributed by atoms with Gasteiger partial charge in [-0.2, -0.15) is 0 Å². The maximum absolute atomic E-state index is 13.4. The Morgan fingerprint density at radius 2 is 1.76 bits per heavy atom. The molecule has 0 aliphatic carbocycles. The van der Waals surface area contributed by atoms with Crippen LogP contribution in [0.3, 0.4) is 0 Å². The number of hydrogen-bond acceptors (Lipinski definition) is 4. The summed E-state index contributed by atoms with van der Waals surface area (Å²) in [6.45, 7) is 3.90. The predicted octanol–water partition coefficient (Wildman–Crippen LogP) is 4.14. The molecule has 0 aliphatic heterocycles. The number of anilines is 1. The monoisotopic (exact) mass is 527 g/mol. The molecule has 2 aromatic carbocycles. The number of nitrogens with zero attached hydrogens (tertiary/aromatic N) is 2. The summed E-state index contributed by atoms with van der Waals surface area (Å²) in [6, 6.07) is 13.2. The van der Waals surface area contributed by atoms with E-state index in [4.69, 9.17) is 23.2 Å². The van der Waals surface area contributed by atoms with Crippen molar-refractivity contribution in [2.75, 3.05) is 30.2 Å². The fourth-order valence-corrected chi connectivity index (χ4v) is 4.67. The predicted molar refractivity (Wildman–Crippen MR) is 138 cm³/mol. The molecule has 10 heteroatoms. The summed E-state index contributed by atoms with van der Waals surface area (Å²) in [4.78, 5) is 27.6. The SMILES string of the molecule is CCCCNC(=O)C(C)N(CCc1ccccc1)C(=O)CN(c1cc(Cl)ccc1Cl)S(C)(=O)=O. The zero-order chi connectivity index (χ0) is 25.3. The number of unbranched alkanes of at least 4 members (excludes halogenated alkanes) is 1. The molecule has 2 amide bonds. The lowest BCUT2D eigenvalue weighted by atomic mass is 10.1. The highest BCUT2D eigenvalue weighted by atomic mass is 35.5. The molecule has 1 unspecified atom stereocenters. The van der Waals surface area contributed by atoms with Crippen LogP contribution in [0.2, 0.25) is 10.0 Å². The summed E-state index contributed by atoms with van der Waals surface area (Å²) >= 11 is 12.3. The van der Waals surface area contributed by atoms with Crippen molar-refractivity contribution in [3.8, 4) is 0 Å². The molecular weight excluding hydrogens is 497 g/mol. The van der Waals surface area contributed by atoms with Gasteiger partial charge < -0.3 is 10.2 Å². The second-order valence-electron chi connectivity index (χ2n) is 8.01. The van der Waals surface area contributed by atoms with Gasteiger partial charge in [0.25, 0.3) is 0 Å². The van der Waals surface area contributed by atoms with E-state index < -0.39 is 28.5 Å². The van der Waals surface area contributed by atoms with Crippen LogP contribution in [0.15, 0.2) is 48.5 Å². The molecular formula is C24H31Cl2N3O4S. The number of carbonyl (C=O) groups excluding carboxylic acids is 2. The molecule has 0 aliphatic rings. The van der Waals surface area contributed by atoms with Crippen molar-refractivity contribution in [2.24, 2.45) is 0 Å². The van der Waals surface area contributed by atoms with E-state index in [0.717, 1.165) is 29.0 Å². The Bertz CT molecular complexity index is 1080. The van der Waals surface area contributed by atoms with Gasteiger partial charge in [0.1, 0.15) is 12.6 Å². The smallest absolute Gasteiger partial charge is 0.244 e. The molecule has 186 valence electrons. The quantitative estimate of drug-likeness (QED) is 0.420. The minimum atomic E-state index is -3.87. The van der Waals surface area contributed by atoms with E-state index in [0.29, 0.717) is 13.0 Å². The van der Waals surface area contributed by atoms with Crippen LogP contribution in [0, 0.1) is 0 Å². The molecule has 0 radical (unpaired) electrons. The maximum atomic E-state index is 13.4. The van der Waals surface area contributed by atoms with Crippen LogP contribution in [0.4, 0.5) is 5.69 Å². The summed E-state index contributed by atoms with van der Waals surface area (Å²) in [5.41, 5.74) is 1.10. The van der Waals surface area contributed by atoms with E-state index in [1.807, 2.05) is 37.3 Å². The average molecular weight is 529 g/mol. The second-order valence-corrected chi connectivity index (χ2v) is 10.8. The Morgan fingerprint density at radius 3 is 2.38 bits per heavy atom. The maximum Gasteiger partial charge on any atom is 0.244 e. The van der Waals surface area contributed by atoms with E-state index >= 15 is 0 Å². The lowest BCUT2D eigenvalue weighted by Crippen LogP contribution is -2.52. The Morgan fingerprint density at radius 1 is 1.09 bits per heavy atom. The molecule has 0 spiro atoms. The summed E-state index contributed by atoms with van der Waals surface area (Å²) in [7, 11) is -3.87. The Labute approximate surface area is 212 Å². The van der Waals surface area contributed by atoms with E-state index in [2.05, 4.69) is 5.32 Å². The minimum absolute atomic E-state index is 0.105. The van der Waals surface area contributed by atoms with Crippen molar-refractivity contribution in [2.45, 2.75) is 39.2 Å². The van der Waals surface area contributed by atoms with Gasteiger partial charge in [0.05, 0.1) is 17.0 Å². The Balaban J connectivity index is 2.31. The summed E-state index contributed by atoms with van der Waals surface area (Å²) in [6.07, 6.45) is 3.25. The number of benzene rings is 2. The van der Waals surface area contributed by atoms with Gasteiger partial charge in [0, 0.05) is 18.1 Å². The van der Waals surface area contributed by atoms with Crippen LogP contribution in [0.5, 0.6) is 0 Å². The van der Waals surface area contributed by atoms with Crippen LogP contribution < -0.4 is 9.62 Å². The van der Waals surface area contributed by atoms with E-state index in [1.54, 1.807) is 6.92 Å². The van der Waals surface area contributed by atoms with Crippen molar-refractivity contribution in [1.29, 1.82) is 0 Å². The van der Waals surface area contributed by atoms with E-state index in [9.17, 15) is 18.0 Å². The number of nitrogens with one attached hydrogen (secondary N) is 1. The average Bonchev–Trinajstić information content (AvgIpc) is 2.79. The first-order valence-corrected chi connectivity index (χ1v) is 13.7. The molecule has 0 saturated carbocycles. The highest BCUT2D eigenvalue weighted by Gasteiger charge is 2.30. The fraction of sp³-hybridized carbons (Fsp3) is 0.417. The van der Waals surface area contributed by atoms with Crippen molar-refractivity contribution in [1.82, 2.24) is 10.2 Å². The third-order valence-corrected chi connectivity index (χ3v) is 7.02. The van der Waals surface area contributed by atoms with Gasteiger partial charge >= 0.3 is 0 Å². The fourth-order valence-electron chi connectivity index (χ4n) is 3.38. The number of rotatable bonds is 12. The third-order valence-electron chi connectivity index (χ3n) is 5.34. The van der Waals surface area contributed by atoms with Gasteiger partial charge in [-0.25, -0.2) is 8.42 Å². The summed E-state index contributed by atoms with van der Waals surface area (Å²) < 4.78 is 26.1. The largest absolute Gasteiger partial charge is 0.354 e. The number of sulfonamides is 1. The molecule has 0 fully saturated rings. The summed E-state index contributed by atoms with van der Waals surface area (Å²) in [5.74, 6) is -0.808. The molecule has 0 aromatic heterocycles. The topological polar surface area (TPSA) is 86.8 Å². The molecule has 2 aromatic rings. The Hall–Kier alpha value is -2.29. The van der Waals surface area contributed by atoms with Gasteiger partial charge in [-0.1, -0.05) is 66.9 Å². The van der Waals surface area contributed by atoms with E-state index in [-0.39, 0.29) is 28.2 Å². The molecule has 0 bridgehead atoms. The van der Waals surface area contributed by atoms with E-state index in [1.165, 1.54) is 23.1 Å². The van der Waals surface area contributed by atoms with Gasteiger partial charge in [-0.15, -0.1) is 0 Å². The minimum Gasteiger partial charge on any atom is -0.354 e. The zero-order valence-electron chi connectivity index (χ0n) is 19.6. The second kappa shape index (κ2) is 13.0. The first kappa shape index (κ1) is 28.0. The zero-order valence-corrected chi connectivity index (χ0v) is 22.0. The number of hydrogen-bond donors (Lipinski definition) is 1. The number of carbonyl (C=O) groups is 2. The van der Waals surface area contributed by atoms with Crippen molar-refractivity contribution < 1.29 is 18.0 Å². The lowest BCUT2D eigenvalue weighted by Gasteiger charge is -2.31. The normalized spacial score (nSPS) is 12.1. The van der Waals surface area contributed by atoms with Gasteiger partial charge in [0.15, 0.2) is 0 Å². The number of halogens is 2. The first-order valence-electron chi connectivity index (χ1n) is 11.1. The highest BCUT2D eigenvalue weighted by Crippen LogP contribution is 2.30. The van der Waals surface area contributed by atoms with Gasteiger partial charge in [-0.3, -0.25) is 13.9 Å². The molecule has 34 heavy (non-hydrogen) atoms. The van der Waals surface area contributed by atoms with Gasteiger partial charge in [0.2, 0.25) is 21.8 Å². The third kappa shape index (κ3) is 8.18. The van der Waals surface area contributed by atoms with Crippen LogP contribution in [0.25, 0.3) is 0 Å². The van der Waals surface area contributed by atoms with Crippen LogP contribution in [0.1, 0.15) is 32.3 Å². The van der Waals surface area contributed by atoms with Gasteiger partial charge in [-0.05, 0) is 43.5 Å². The van der Waals surface area contributed by atoms with Crippen molar-refractivity contribution >= 4 is 50.7 Å². The van der Waals surface area contributed by atoms with Crippen LogP contribution >= 0.6 is 23.2 Å². The molecule has 1 N–H and O–H groups in total. The molecule has 0 heterocycles. The first-order chi connectivity index (χ1) is 16.0. The molecule has 7 nitrogen and oxygen atoms in total. The van der Waals surface area contributed by atoms with Crippen LogP contribution in [-0.4, -0.2) is 57.1 Å². The standard InChI is InChI=1S/C24H31Cl2N3O4S/c1-4-5-14-27-24(31)18(2)28(15-13-19-9-7-6-8-10-19)23(30)17-29(34(3,32)33)22-16-20(25)11-12-21(22)26/h6-12,16,18H,4-5,13-15,17H2,1-3H3,(H,27,31). The molecule has 0 saturated heterocycles. The Kier molecular flexibility index (Phi) is 10.7. The van der Waals surface area contributed by atoms with Crippen molar-refractivity contribution in [3.63, 3.8) is 0 Å². The number of amides is 2. The van der Waals surface area contributed by atoms with Crippen molar-refractivity contribution in [3.05, 3.63) is 64.1 Å². The molecule has 1 atom stereocenters. The van der Waals surface area contributed by atoms with Crippen LogP contribution in [-0.2, 0) is 26.0 Å². The molecule has 2 rings (SSSR count). The highest BCUT2D eigenvalue weighted by molar-refractivity contribution is 7.92. The summed E-state index contributed by atoms with van der Waals surface area (Å²) in [5, 5.41) is 3.27. The lowest BCUT2D eigenvalue weighted by molar-refractivity contribution is -0.138.